The number of rotatable bonds is 4. The fourth-order valence-corrected chi connectivity index (χ4v) is 3.96. The van der Waals surface area contributed by atoms with Gasteiger partial charge in [-0.1, -0.05) is 44.2 Å². The quantitative estimate of drug-likeness (QED) is 0.678. The molecule has 0 spiro atoms. The Morgan fingerprint density at radius 3 is 2.83 bits per heavy atom. The molecule has 2 aromatic rings. The van der Waals surface area contributed by atoms with Gasteiger partial charge in [0.1, 0.15) is 0 Å². The van der Waals surface area contributed by atoms with E-state index in [0.29, 0.717) is 11.8 Å². The second-order valence-electron chi connectivity index (χ2n) is 6.57. The normalized spacial score (nSPS) is 18.4. The number of thiazole rings is 1. The summed E-state index contributed by atoms with van der Waals surface area (Å²) >= 11 is 1.74. The average Bonchev–Trinajstić information content (AvgIpc) is 3.26. The van der Waals surface area contributed by atoms with Gasteiger partial charge in [-0.15, -0.1) is 11.3 Å². The summed E-state index contributed by atoms with van der Waals surface area (Å²) in [6.07, 6.45) is 1.18. The van der Waals surface area contributed by atoms with Gasteiger partial charge in [0.25, 0.3) is 0 Å². The summed E-state index contributed by atoms with van der Waals surface area (Å²) in [5, 5.41) is 6.82. The van der Waals surface area contributed by atoms with E-state index in [0.717, 1.165) is 31.3 Å². The second-order valence-corrected chi connectivity index (χ2v) is 7.46. The van der Waals surface area contributed by atoms with Gasteiger partial charge < -0.3 is 10.2 Å². The molecule has 1 fully saturated rings. The molecular weight excluding hydrogens is 316 g/mol. The van der Waals surface area contributed by atoms with Crippen LogP contribution in [0.4, 0.5) is 0 Å². The number of hydrogen-bond donors (Lipinski definition) is 1. The van der Waals surface area contributed by atoms with Crippen LogP contribution in [0.2, 0.25) is 0 Å². The van der Waals surface area contributed by atoms with Crippen LogP contribution >= 0.6 is 11.3 Å². The van der Waals surface area contributed by atoms with Crippen molar-refractivity contribution in [1.29, 1.82) is 0 Å². The molecule has 3 rings (SSSR count). The smallest absolute Gasteiger partial charge is 0.193 e. The van der Waals surface area contributed by atoms with Crippen LogP contribution in [0, 0.1) is 0 Å². The van der Waals surface area contributed by atoms with Crippen molar-refractivity contribution >= 4 is 17.3 Å². The van der Waals surface area contributed by atoms with Gasteiger partial charge in [0.2, 0.25) is 0 Å². The van der Waals surface area contributed by atoms with E-state index in [9.17, 15) is 0 Å². The Balaban J connectivity index is 1.57. The molecule has 4 nitrogen and oxygen atoms in total. The predicted octanol–water partition coefficient (Wildman–Crippen LogP) is 3.83. The SMILES string of the molecule is CN=C(NCc1csc(C(C)C)n1)N1CCC(c2ccccc2)C1. The van der Waals surface area contributed by atoms with Crippen molar-refractivity contribution in [3.05, 3.63) is 52.0 Å². The molecule has 1 aliphatic heterocycles. The fourth-order valence-electron chi connectivity index (χ4n) is 3.12. The van der Waals surface area contributed by atoms with E-state index < -0.39 is 0 Å². The van der Waals surface area contributed by atoms with E-state index in [1.54, 1.807) is 11.3 Å². The number of hydrogen-bond acceptors (Lipinski definition) is 3. The van der Waals surface area contributed by atoms with Crippen molar-refractivity contribution in [3.8, 4) is 0 Å². The molecule has 2 heterocycles. The van der Waals surface area contributed by atoms with Crippen LogP contribution in [0.5, 0.6) is 0 Å². The zero-order valence-corrected chi connectivity index (χ0v) is 15.5. The Bertz CT molecular complexity index is 678. The van der Waals surface area contributed by atoms with Gasteiger partial charge in [0.05, 0.1) is 17.2 Å². The highest BCUT2D eigenvalue weighted by molar-refractivity contribution is 7.09. The summed E-state index contributed by atoms with van der Waals surface area (Å²) in [4.78, 5) is 11.5. The zero-order valence-electron chi connectivity index (χ0n) is 14.7. The van der Waals surface area contributed by atoms with Crippen molar-refractivity contribution in [2.45, 2.75) is 38.6 Å². The largest absolute Gasteiger partial charge is 0.351 e. The summed E-state index contributed by atoms with van der Waals surface area (Å²) in [6.45, 7) is 7.18. The van der Waals surface area contributed by atoms with E-state index in [4.69, 9.17) is 0 Å². The Morgan fingerprint density at radius 2 is 2.17 bits per heavy atom. The first-order valence-electron chi connectivity index (χ1n) is 8.62. The minimum atomic E-state index is 0.494. The molecule has 1 saturated heterocycles. The molecule has 1 aliphatic rings. The highest BCUT2D eigenvalue weighted by atomic mass is 32.1. The standard InChI is InChI=1S/C19H26N4S/c1-14(2)18-22-17(13-24-18)11-21-19(20-3)23-10-9-16(12-23)15-7-5-4-6-8-15/h4-8,13-14,16H,9-12H2,1-3H3,(H,20,21). The van der Waals surface area contributed by atoms with E-state index in [-0.39, 0.29) is 0 Å². The maximum Gasteiger partial charge on any atom is 0.193 e. The third kappa shape index (κ3) is 3.96. The predicted molar refractivity (Wildman–Crippen MR) is 102 cm³/mol. The highest BCUT2D eigenvalue weighted by Gasteiger charge is 2.25. The number of benzene rings is 1. The van der Waals surface area contributed by atoms with Crippen molar-refractivity contribution in [2.24, 2.45) is 4.99 Å². The summed E-state index contributed by atoms with van der Waals surface area (Å²) in [5.41, 5.74) is 2.53. The van der Waals surface area contributed by atoms with Gasteiger partial charge in [-0.2, -0.15) is 0 Å². The number of nitrogens with zero attached hydrogens (tertiary/aromatic N) is 3. The van der Waals surface area contributed by atoms with Gasteiger partial charge in [0, 0.05) is 37.4 Å². The molecule has 0 aliphatic carbocycles. The van der Waals surface area contributed by atoms with Crippen LogP contribution in [-0.2, 0) is 6.54 Å². The maximum atomic E-state index is 4.69. The lowest BCUT2D eigenvalue weighted by atomic mass is 9.99. The van der Waals surface area contributed by atoms with Crippen LogP contribution in [0.25, 0.3) is 0 Å². The summed E-state index contributed by atoms with van der Waals surface area (Å²) < 4.78 is 0. The molecular formula is C19H26N4S. The van der Waals surface area contributed by atoms with Crippen LogP contribution in [-0.4, -0.2) is 36.0 Å². The monoisotopic (exact) mass is 342 g/mol. The summed E-state index contributed by atoms with van der Waals surface area (Å²) in [6, 6.07) is 10.8. The molecule has 1 aromatic heterocycles. The third-order valence-corrected chi connectivity index (χ3v) is 5.66. The number of guanidine groups is 1. The molecule has 0 radical (unpaired) electrons. The van der Waals surface area contributed by atoms with Gasteiger partial charge in [0.15, 0.2) is 5.96 Å². The van der Waals surface area contributed by atoms with E-state index in [1.165, 1.54) is 17.0 Å². The Labute approximate surface area is 148 Å². The topological polar surface area (TPSA) is 40.5 Å². The van der Waals surface area contributed by atoms with E-state index >= 15 is 0 Å². The van der Waals surface area contributed by atoms with Gasteiger partial charge in [-0.05, 0) is 12.0 Å². The molecule has 24 heavy (non-hydrogen) atoms. The molecule has 5 heteroatoms. The number of nitrogens with one attached hydrogen (secondary N) is 1. The first kappa shape index (κ1) is 17.0. The van der Waals surface area contributed by atoms with Crippen LogP contribution in [0.3, 0.4) is 0 Å². The van der Waals surface area contributed by atoms with Gasteiger partial charge in [-0.25, -0.2) is 4.98 Å². The first-order chi connectivity index (χ1) is 11.7. The lowest BCUT2D eigenvalue weighted by Gasteiger charge is -2.21. The lowest BCUT2D eigenvalue weighted by molar-refractivity contribution is 0.485. The fraction of sp³-hybridized carbons (Fsp3) is 0.474. The van der Waals surface area contributed by atoms with Crippen LogP contribution in [0.1, 0.15) is 48.4 Å². The van der Waals surface area contributed by atoms with Crippen molar-refractivity contribution in [1.82, 2.24) is 15.2 Å². The van der Waals surface area contributed by atoms with Crippen molar-refractivity contribution < 1.29 is 0 Å². The molecule has 0 bridgehead atoms. The summed E-state index contributed by atoms with van der Waals surface area (Å²) in [7, 11) is 1.86. The van der Waals surface area contributed by atoms with E-state index in [2.05, 4.69) is 69.8 Å². The Kier molecular flexibility index (Phi) is 5.51. The molecule has 1 unspecified atom stereocenters. The summed E-state index contributed by atoms with van der Waals surface area (Å²) in [5.74, 6) is 2.07. The van der Waals surface area contributed by atoms with Crippen LogP contribution < -0.4 is 5.32 Å². The first-order valence-corrected chi connectivity index (χ1v) is 9.50. The zero-order chi connectivity index (χ0) is 16.9. The third-order valence-electron chi connectivity index (χ3n) is 4.46. The Hall–Kier alpha value is -1.88. The molecule has 1 aromatic carbocycles. The lowest BCUT2D eigenvalue weighted by Crippen LogP contribution is -2.39. The van der Waals surface area contributed by atoms with Gasteiger partial charge in [-0.3, -0.25) is 4.99 Å². The minimum Gasteiger partial charge on any atom is -0.351 e. The number of aliphatic imine (C=N–C) groups is 1. The highest BCUT2D eigenvalue weighted by Crippen LogP contribution is 2.27. The van der Waals surface area contributed by atoms with Crippen molar-refractivity contribution in [2.75, 3.05) is 20.1 Å². The maximum absolute atomic E-state index is 4.69. The van der Waals surface area contributed by atoms with Gasteiger partial charge >= 0.3 is 0 Å². The molecule has 0 amide bonds. The van der Waals surface area contributed by atoms with Crippen molar-refractivity contribution in [3.63, 3.8) is 0 Å². The molecule has 128 valence electrons. The number of likely N-dealkylation sites (tertiary alicyclic amines) is 1. The number of aromatic nitrogens is 1. The average molecular weight is 343 g/mol. The minimum absolute atomic E-state index is 0.494. The second kappa shape index (κ2) is 7.79. The Morgan fingerprint density at radius 1 is 1.38 bits per heavy atom. The molecule has 1 N–H and O–H groups in total. The van der Waals surface area contributed by atoms with Crippen LogP contribution in [0.15, 0.2) is 40.7 Å². The molecule has 0 saturated carbocycles. The molecule has 1 atom stereocenters. The van der Waals surface area contributed by atoms with E-state index in [1.807, 2.05) is 7.05 Å².